The molecule has 1 aliphatic heterocycles. The molecule has 1 aromatic heterocycles. The van der Waals surface area contributed by atoms with E-state index in [1.54, 1.807) is 6.92 Å². The molecule has 0 aliphatic carbocycles. The average molecular weight is 370 g/mol. The van der Waals surface area contributed by atoms with E-state index in [1.165, 1.54) is 19.3 Å². The summed E-state index contributed by atoms with van der Waals surface area (Å²) in [7, 11) is 0. The molecule has 1 aromatic rings. The first-order chi connectivity index (χ1) is 12.1. The van der Waals surface area contributed by atoms with Crippen LogP contribution in [0.2, 0.25) is 0 Å². The molecule has 0 amide bonds. The van der Waals surface area contributed by atoms with Crippen molar-refractivity contribution in [2.75, 3.05) is 12.1 Å². The number of aliphatic hydroxyl groups excluding tert-OH is 2. The van der Waals surface area contributed by atoms with Gasteiger partial charge >= 0.3 is 0 Å². The summed E-state index contributed by atoms with van der Waals surface area (Å²) >= 11 is 0. The molecule has 4 N–H and O–H groups in total. The van der Waals surface area contributed by atoms with Gasteiger partial charge in [0.15, 0.2) is 5.82 Å². The maximum Gasteiger partial charge on any atom is 0.278 e. The van der Waals surface area contributed by atoms with Gasteiger partial charge in [0.2, 0.25) is 0 Å². The van der Waals surface area contributed by atoms with Crippen molar-refractivity contribution in [2.45, 2.75) is 52.9 Å². The standard InChI is InChI=1S/C8H10N4O3.C8H16O3/c1-3-6(12(14)15)7-5(2)9-4-10-8(7)11-13;1-5-8(2,3)7(10)6(4-9)11-5/h3-4,13H,1-2H3,(H,9,10,11);5-7,9-10H,4H2,1-3H3/b6-3+;/t;5-,6?,7?/m.0/s1. The Hall–Kier alpha value is -2.14. The predicted molar refractivity (Wildman–Crippen MR) is 94.0 cm³/mol. The number of anilines is 1. The average Bonchev–Trinajstić information content (AvgIpc) is 2.79. The lowest BCUT2D eigenvalue weighted by Crippen LogP contribution is -2.35. The number of aromatic nitrogens is 2. The Morgan fingerprint density at radius 3 is 2.46 bits per heavy atom. The lowest BCUT2D eigenvalue weighted by molar-refractivity contribution is -0.375. The highest BCUT2D eigenvalue weighted by molar-refractivity contribution is 5.69. The predicted octanol–water partition coefficient (Wildman–Crippen LogP) is 1.38. The Morgan fingerprint density at radius 1 is 1.50 bits per heavy atom. The van der Waals surface area contributed by atoms with E-state index in [9.17, 15) is 15.2 Å². The van der Waals surface area contributed by atoms with Gasteiger partial charge in [-0.15, -0.1) is 0 Å². The van der Waals surface area contributed by atoms with E-state index in [4.69, 9.17) is 15.1 Å². The lowest BCUT2D eigenvalue weighted by Gasteiger charge is -2.25. The molecule has 0 radical (unpaired) electrons. The largest absolute Gasteiger partial charge is 0.394 e. The number of nitrogens with zero attached hydrogens (tertiary/aromatic N) is 3. The minimum atomic E-state index is -0.553. The Bertz CT molecular complexity index is 664. The molecule has 1 aliphatic rings. The number of nitro groups is 1. The Morgan fingerprint density at radius 2 is 2.12 bits per heavy atom. The lowest BCUT2D eigenvalue weighted by atomic mass is 9.82. The van der Waals surface area contributed by atoms with Crippen LogP contribution >= 0.6 is 0 Å². The highest BCUT2D eigenvalue weighted by Crippen LogP contribution is 2.37. The van der Waals surface area contributed by atoms with E-state index in [0.717, 1.165) is 0 Å². The molecule has 10 heteroatoms. The molecular weight excluding hydrogens is 344 g/mol. The minimum absolute atomic E-state index is 0.00894. The van der Waals surface area contributed by atoms with Crippen LogP contribution in [0.4, 0.5) is 5.82 Å². The quantitative estimate of drug-likeness (QED) is 0.455. The second-order valence-electron chi connectivity index (χ2n) is 6.49. The Balaban J connectivity index is 0.000000273. The fraction of sp³-hybridized carbons (Fsp3) is 0.625. The molecule has 26 heavy (non-hydrogen) atoms. The third-order valence-corrected chi connectivity index (χ3v) is 4.59. The van der Waals surface area contributed by atoms with Gasteiger partial charge in [-0.1, -0.05) is 13.8 Å². The minimum Gasteiger partial charge on any atom is -0.394 e. The van der Waals surface area contributed by atoms with E-state index in [2.05, 4.69) is 9.97 Å². The zero-order chi connectivity index (χ0) is 20.1. The summed E-state index contributed by atoms with van der Waals surface area (Å²) in [6, 6.07) is 0. The number of hydrogen-bond acceptors (Lipinski definition) is 9. The maximum atomic E-state index is 10.7. The fourth-order valence-electron chi connectivity index (χ4n) is 2.58. The van der Waals surface area contributed by atoms with E-state index < -0.39 is 17.1 Å². The second kappa shape index (κ2) is 8.99. The summed E-state index contributed by atoms with van der Waals surface area (Å²) in [4.78, 5) is 17.7. The summed E-state index contributed by atoms with van der Waals surface area (Å²) in [6.45, 7) is 8.83. The van der Waals surface area contributed by atoms with Crippen molar-refractivity contribution in [3.63, 3.8) is 0 Å². The van der Waals surface area contributed by atoms with Crippen LogP contribution in [0.15, 0.2) is 12.4 Å². The number of aryl methyl sites for hydroxylation is 1. The highest BCUT2D eigenvalue weighted by Gasteiger charge is 2.46. The van der Waals surface area contributed by atoms with Crippen molar-refractivity contribution in [3.8, 4) is 0 Å². The van der Waals surface area contributed by atoms with E-state index in [-0.39, 0.29) is 35.2 Å². The van der Waals surface area contributed by atoms with Crippen molar-refractivity contribution >= 4 is 11.5 Å². The monoisotopic (exact) mass is 370 g/mol. The summed E-state index contributed by atoms with van der Waals surface area (Å²) in [5.41, 5.74) is 2.03. The van der Waals surface area contributed by atoms with Gasteiger partial charge in [-0.2, -0.15) is 0 Å². The number of allylic oxidation sites excluding steroid dienone is 1. The molecule has 0 bridgehead atoms. The van der Waals surface area contributed by atoms with Crippen LogP contribution in [-0.2, 0) is 4.74 Å². The fourth-order valence-corrected chi connectivity index (χ4v) is 2.58. The van der Waals surface area contributed by atoms with Crippen molar-refractivity contribution in [1.82, 2.24) is 9.97 Å². The van der Waals surface area contributed by atoms with Crippen LogP contribution in [0.3, 0.4) is 0 Å². The van der Waals surface area contributed by atoms with Crippen LogP contribution in [0, 0.1) is 22.5 Å². The molecule has 1 saturated heterocycles. The number of rotatable bonds is 4. The molecule has 0 aromatic carbocycles. The number of ether oxygens (including phenoxy) is 1. The number of aliphatic hydroxyl groups is 2. The molecule has 2 rings (SSSR count). The maximum absolute atomic E-state index is 10.7. The second-order valence-corrected chi connectivity index (χ2v) is 6.49. The number of hydrogen-bond donors (Lipinski definition) is 4. The van der Waals surface area contributed by atoms with Crippen LogP contribution in [0.1, 0.15) is 39.0 Å². The molecule has 3 atom stereocenters. The normalized spacial score (nSPS) is 24.6. The third-order valence-electron chi connectivity index (χ3n) is 4.59. The molecular formula is C16H26N4O6. The topological polar surface area (TPSA) is 151 Å². The summed E-state index contributed by atoms with van der Waals surface area (Å²) in [5.74, 6) is 0.0206. The molecule has 10 nitrogen and oxygen atoms in total. The molecule has 0 spiro atoms. The van der Waals surface area contributed by atoms with Gasteiger partial charge in [-0.25, -0.2) is 9.97 Å². The molecule has 0 saturated carbocycles. The van der Waals surface area contributed by atoms with E-state index in [1.807, 2.05) is 26.3 Å². The van der Waals surface area contributed by atoms with Gasteiger partial charge < -0.3 is 14.9 Å². The summed E-state index contributed by atoms with van der Waals surface area (Å²) < 4.78 is 5.34. The first-order valence-corrected chi connectivity index (χ1v) is 8.08. The van der Waals surface area contributed by atoms with Crippen LogP contribution < -0.4 is 5.48 Å². The van der Waals surface area contributed by atoms with Gasteiger partial charge in [0.1, 0.15) is 18.0 Å². The van der Waals surface area contributed by atoms with Gasteiger partial charge in [-0.05, 0) is 26.8 Å². The van der Waals surface area contributed by atoms with Crippen molar-refractivity contribution in [2.24, 2.45) is 5.41 Å². The first-order valence-electron chi connectivity index (χ1n) is 8.08. The van der Waals surface area contributed by atoms with Crippen molar-refractivity contribution in [1.29, 1.82) is 0 Å². The van der Waals surface area contributed by atoms with Gasteiger partial charge in [0.05, 0.1) is 29.4 Å². The van der Waals surface area contributed by atoms with Crippen molar-refractivity contribution < 1.29 is 25.1 Å². The van der Waals surface area contributed by atoms with Gasteiger partial charge in [-0.3, -0.25) is 20.8 Å². The molecule has 146 valence electrons. The molecule has 2 heterocycles. The van der Waals surface area contributed by atoms with Gasteiger partial charge in [0, 0.05) is 5.41 Å². The third kappa shape index (κ3) is 4.52. The van der Waals surface area contributed by atoms with Crippen molar-refractivity contribution in [3.05, 3.63) is 33.8 Å². The van der Waals surface area contributed by atoms with Crippen LogP contribution in [0.25, 0.3) is 5.70 Å². The zero-order valence-corrected chi connectivity index (χ0v) is 15.5. The highest BCUT2D eigenvalue weighted by atomic mass is 16.6. The Labute approximate surface area is 151 Å². The van der Waals surface area contributed by atoms with Crippen LogP contribution in [0.5, 0.6) is 0 Å². The zero-order valence-electron chi connectivity index (χ0n) is 15.5. The first kappa shape index (κ1) is 21.9. The summed E-state index contributed by atoms with van der Waals surface area (Å²) in [6.07, 6.45) is 1.59. The van der Waals surface area contributed by atoms with E-state index >= 15 is 0 Å². The smallest absolute Gasteiger partial charge is 0.278 e. The Kier molecular flexibility index (Phi) is 7.57. The summed E-state index contributed by atoms with van der Waals surface area (Å²) in [5, 5.41) is 37.9. The van der Waals surface area contributed by atoms with Crippen LogP contribution in [-0.4, -0.2) is 55.2 Å². The SMILES string of the molecule is C/C=C(\c1c(C)ncnc1NO)[N+](=O)[O-].C[C@@H]1OC(CO)C(O)C1(C)C. The molecule has 1 fully saturated rings. The van der Waals surface area contributed by atoms with Gasteiger partial charge in [0.25, 0.3) is 5.70 Å². The van der Waals surface area contributed by atoms with E-state index in [0.29, 0.717) is 5.69 Å². The molecule has 2 unspecified atom stereocenters. The number of nitrogens with one attached hydrogen (secondary N) is 1.